The van der Waals surface area contributed by atoms with E-state index < -0.39 is 0 Å². The Hall–Kier alpha value is -2.34. The molecule has 20 heavy (non-hydrogen) atoms. The van der Waals surface area contributed by atoms with Crippen LogP contribution in [0.1, 0.15) is 12.5 Å². The van der Waals surface area contributed by atoms with Gasteiger partial charge in [0.1, 0.15) is 0 Å². The van der Waals surface area contributed by atoms with Crippen LogP contribution in [0.3, 0.4) is 0 Å². The van der Waals surface area contributed by atoms with Crippen molar-refractivity contribution in [3.05, 3.63) is 90.8 Å². The van der Waals surface area contributed by atoms with E-state index in [0.29, 0.717) is 0 Å². The van der Waals surface area contributed by atoms with Crippen molar-refractivity contribution in [2.24, 2.45) is 0 Å². The van der Waals surface area contributed by atoms with E-state index in [4.69, 9.17) is 0 Å². The smallest absolute Gasteiger partial charge is 0.0103 e. The Labute approximate surface area is 120 Å². The molecule has 0 heterocycles. The van der Waals surface area contributed by atoms with Crippen LogP contribution in [0.2, 0.25) is 0 Å². The third kappa shape index (κ3) is 2.37. The number of rotatable bonds is 3. The molecule has 0 unspecified atom stereocenters. The fourth-order valence-electron chi connectivity index (χ4n) is 2.58. The molecule has 3 rings (SSSR count). The Kier molecular flexibility index (Phi) is 3.64. The summed E-state index contributed by atoms with van der Waals surface area (Å²) in [5.74, 6) is 0. The van der Waals surface area contributed by atoms with Gasteiger partial charge in [0.2, 0.25) is 0 Å². The molecule has 0 aromatic heterocycles. The second kappa shape index (κ2) is 5.75. The van der Waals surface area contributed by atoms with Gasteiger partial charge in [0.25, 0.3) is 0 Å². The third-order valence-electron chi connectivity index (χ3n) is 3.57. The molecule has 0 saturated heterocycles. The summed E-state index contributed by atoms with van der Waals surface area (Å²) in [7, 11) is 0. The highest BCUT2D eigenvalue weighted by Crippen LogP contribution is 2.34. The second-order valence-electron chi connectivity index (χ2n) is 4.79. The van der Waals surface area contributed by atoms with Crippen molar-refractivity contribution < 1.29 is 0 Å². The topological polar surface area (TPSA) is 0 Å². The van der Waals surface area contributed by atoms with E-state index in [1.54, 1.807) is 0 Å². The lowest BCUT2D eigenvalue weighted by atomic mass is 9.91. The maximum Gasteiger partial charge on any atom is -0.0103 e. The van der Waals surface area contributed by atoms with Gasteiger partial charge in [0, 0.05) is 0 Å². The molecule has 0 heteroatoms. The minimum Gasteiger partial charge on any atom is -0.0622 e. The molecule has 0 N–H and O–H groups in total. The number of hydrogen-bond donors (Lipinski definition) is 0. The van der Waals surface area contributed by atoms with Crippen LogP contribution in [0.4, 0.5) is 0 Å². The van der Waals surface area contributed by atoms with Crippen molar-refractivity contribution in [2.75, 3.05) is 0 Å². The standard InChI is InChI=1S/C20H17/c1-2-16-10-6-7-13-18(16)20-15-9-8-14-19(20)17-11-4-3-5-12-17/h2-15H,1H3. The highest BCUT2D eigenvalue weighted by Gasteiger charge is 2.09. The van der Waals surface area contributed by atoms with Crippen molar-refractivity contribution in [1.82, 2.24) is 0 Å². The monoisotopic (exact) mass is 257 g/mol. The SMILES string of the molecule is C[CH]c1ccccc1-c1ccccc1-c1ccccc1. The van der Waals surface area contributed by atoms with Gasteiger partial charge in [-0.1, -0.05) is 85.8 Å². The Morgan fingerprint density at radius 2 is 1.10 bits per heavy atom. The average molecular weight is 257 g/mol. The molecule has 0 nitrogen and oxygen atoms in total. The molecule has 0 saturated carbocycles. The zero-order chi connectivity index (χ0) is 13.8. The van der Waals surface area contributed by atoms with Crippen LogP contribution in [-0.2, 0) is 0 Å². The molecular weight excluding hydrogens is 240 g/mol. The molecular formula is C20H17. The molecule has 0 aliphatic rings. The molecule has 0 spiro atoms. The van der Waals surface area contributed by atoms with Gasteiger partial charge in [-0.2, -0.15) is 0 Å². The van der Waals surface area contributed by atoms with Gasteiger partial charge >= 0.3 is 0 Å². The maximum absolute atomic E-state index is 2.20. The van der Waals surface area contributed by atoms with Gasteiger partial charge in [-0.05, 0) is 34.2 Å². The molecule has 0 fully saturated rings. The van der Waals surface area contributed by atoms with E-state index in [0.717, 1.165) is 0 Å². The van der Waals surface area contributed by atoms with Crippen molar-refractivity contribution in [3.63, 3.8) is 0 Å². The Morgan fingerprint density at radius 1 is 0.550 bits per heavy atom. The van der Waals surface area contributed by atoms with Crippen LogP contribution in [-0.4, -0.2) is 0 Å². The second-order valence-corrected chi connectivity index (χ2v) is 4.79. The predicted octanol–water partition coefficient (Wildman–Crippen LogP) is 5.59. The van der Waals surface area contributed by atoms with Gasteiger partial charge in [0.05, 0.1) is 0 Å². The maximum atomic E-state index is 2.20. The molecule has 3 aromatic rings. The van der Waals surface area contributed by atoms with Gasteiger partial charge in [-0.3, -0.25) is 0 Å². The first-order chi connectivity index (χ1) is 9.90. The summed E-state index contributed by atoms with van der Waals surface area (Å²) in [5, 5.41) is 0. The molecule has 0 aliphatic carbocycles. The van der Waals surface area contributed by atoms with Crippen LogP contribution in [0, 0.1) is 6.42 Å². The molecule has 97 valence electrons. The number of benzene rings is 3. The molecule has 1 radical (unpaired) electrons. The zero-order valence-electron chi connectivity index (χ0n) is 11.6. The minimum atomic E-state index is 1.26. The molecule has 0 atom stereocenters. The van der Waals surface area contributed by atoms with Gasteiger partial charge in [0.15, 0.2) is 0 Å². The largest absolute Gasteiger partial charge is 0.0622 e. The summed E-state index contributed by atoms with van der Waals surface area (Å²) in [4.78, 5) is 0. The summed E-state index contributed by atoms with van der Waals surface area (Å²) in [5.41, 5.74) is 6.38. The van der Waals surface area contributed by atoms with Crippen LogP contribution < -0.4 is 0 Å². The first kappa shape index (κ1) is 12.7. The first-order valence-corrected chi connectivity index (χ1v) is 6.93. The van der Waals surface area contributed by atoms with Crippen molar-refractivity contribution in [3.8, 4) is 22.3 Å². The van der Waals surface area contributed by atoms with Gasteiger partial charge in [-0.25, -0.2) is 0 Å². The van der Waals surface area contributed by atoms with E-state index in [2.05, 4.69) is 92.2 Å². The van der Waals surface area contributed by atoms with E-state index in [1.807, 2.05) is 0 Å². The highest BCUT2D eigenvalue weighted by atomic mass is 14.1. The van der Waals surface area contributed by atoms with Crippen LogP contribution >= 0.6 is 0 Å². The Morgan fingerprint density at radius 3 is 1.80 bits per heavy atom. The van der Waals surface area contributed by atoms with Gasteiger partial charge < -0.3 is 0 Å². The fourth-order valence-corrected chi connectivity index (χ4v) is 2.58. The van der Waals surface area contributed by atoms with E-state index in [9.17, 15) is 0 Å². The number of hydrogen-bond acceptors (Lipinski definition) is 0. The summed E-state index contributed by atoms with van der Waals surface area (Å²) in [6.07, 6.45) is 2.16. The normalized spacial score (nSPS) is 10.4. The summed E-state index contributed by atoms with van der Waals surface area (Å²) < 4.78 is 0. The van der Waals surface area contributed by atoms with Crippen LogP contribution in [0.25, 0.3) is 22.3 Å². The predicted molar refractivity (Wildman–Crippen MR) is 86.4 cm³/mol. The molecule has 0 aliphatic heterocycles. The summed E-state index contributed by atoms with van der Waals surface area (Å²) >= 11 is 0. The Balaban J connectivity index is 2.20. The van der Waals surface area contributed by atoms with Crippen LogP contribution in [0.15, 0.2) is 78.9 Å². The van der Waals surface area contributed by atoms with E-state index >= 15 is 0 Å². The van der Waals surface area contributed by atoms with Crippen molar-refractivity contribution in [1.29, 1.82) is 0 Å². The lowest BCUT2D eigenvalue weighted by molar-refractivity contribution is 1.42. The molecule has 3 aromatic carbocycles. The molecule has 0 amide bonds. The zero-order valence-corrected chi connectivity index (χ0v) is 11.6. The lowest BCUT2D eigenvalue weighted by Gasteiger charge is -2.13. The Bertz CT molecular complexity index is 696. The quantitative estimate of drug-likeness (QED) is 0.573. The fraction of sp³-hybridized carbons (Fsp3) is 0.0500. The van der Waals surface area contributed by atoms with Crippen LogP contribution in [0.5, 0.6) is 0 Å². The van der Waals surface area contributed by atoms with Gasteiger partial charge in [-0.15, -0.1) is 0 Å². The minimum absolute atomic E-state index is 1.26. The van der Waals surface area contributed by atoms with E-state index in [1.165, 1.54) is 27.8 Å². The third-order valence-corrected chi connectivity index (χ3v) is 3.57. The summed E-state index contributed by atoms with van der Waals surface area (Å²) in [6.45, 7) is 2.09. The lowest BCUT2D eigenvalue weighted by Crippen LogP contribution is -1.89. The molecule has 0 bridgehead atoms. The van der Waals surface area contributed by atoms with E-state index in [-0.39, 0.29) is 0 Å². The van der Waals surface area contributed by atoms with Crippen molar-refractivity contribution >= 4 is 0 Å². The summed E-state index contributed by atoms with van der Waals surface area (Å²) in [6, 6.07) is 27.7. The van der Waals surface area contributed by atoms with Crippen molar-refractivity contribution in [2.45, 2.75) is 6.92 Å². The first-order valence-electron chi connectivity index (χ1n) is 6.93. The average Bonchev–Trinajstić information content (AvgIpc) is 2.55. The highest BCUT2D eigenvalue weighted by molar-refractivity contribution is 5.85.